The Kier molecular flexibility index (Phi) is 5.42. The van der Waals surface area contributed by atoms with Gasteiger partial charge < -0.3 is 9.84 Å². The molecule has 5 rings (SSSR count). The van der Waals surface area contributed by atoms with Crippen LogP contribution in [-0.4, -0.2) is 30.2 Å². The van der Waals surface area contributed by atoms with Crippen molar-refractivity contribution in [3.8, 4) is 22.8 Å². The summed E-state index contributed by atoms with van der Waals surface area (Å²) < 4.78 is 34.1. The number of amides is 1. The number of carbonyl (C=O) groups is 1. The molecule has 0 saturated heterocycles. The number of hydrogen-bond donors (Lipinski definition) is 1. The monoisotopic (exact) mass is 462 g/mol. The molecule has 0 aliphatic carbocycles. The van der Waals surface area contributed by atoms with Gasteiger partial charge in [-0.15, -0.1) is 5.10 Å². The van der Waals surface area contributed by atoms with Crippen molar-refractivity contribution in [3.05, 3.63) is 94.5 Å². The number of nitrogens with one attached hydrogen (secondary N) is 1. The first kappa shape index (κ1) is 21.2. The van der Waals surface area contributed by atoms with E-state index in [1.54, 1.807) is 30.3 Å². The largest absolute Gasteiger partial charge is 0.350 e. The normalized spacial score (nSPS) is 11.1. The van der Waals surface area contributed by atoms with Gasteiger partial charge in [-0.25, -0.2) is 22.7 Å². The number of rotatable bonds is 6. The van der Waals surface area contributed by atoms with Crippen molar-refractivity contribution < 1.29 is 18.1 Å². The Bertz CT molecular complexity index is 1560. The number of benzene rings is 2. The summed E-state index contributed by atoms with van der Waals surface area (Å²) in [5.41, 5.74) is 1.21. The summed E-state index contributed by atoms with van der Waals surface area (Å²) in [7, 11) is 0. The maximum absolute atomic E-state index is 13.5. The van der Waals surface area contributed by atoms with Crippen LogP contribution in [0.15, 0.2) is 76.2 Å². The van der Waals surface area contributed by atoms with Crippen molar-refractivity contribution in [2.45, 2.75) is 13.1 Å². The van der Waals surface area contributed by atoms with Crippen molar-refractivity contribution in [1.82, 2.24) is 29.6 Å². The number of carbonyl (C=O) groups excluding carboxylic acids is 1. The third kappa shape index (κ3) is 4.18. The highest BCUT2D eigenvalue weighted by Crippen LogP contribution is 2.24. The van der Waals surface area contributed by atoms with Crippen molar-refractivity contribution in [2.24, 2.45) is 0 Å². The predicted molar refractivity (Wildman–Crippen MR) is 116 cm³/mol. The average molecular weight is 462 g/mol. The van der Waals surface area contributed by atoms with Crippen LogP contribution in [0.25, 0.3) is 28.5 Å². The van der Waals surface area contributed by atoms with Gasteiger partial charge in [-0.05, 0) is 42.0 Å². The lowest BCUT2D eigenvalue weighted by Gasteiger charge is -2.04. The van der Waals surface area contributed by atoms with Gasteiger partial charge in [0.05, 0.1) is 5.56 Å². The molecule has 9 nitrogen and oxygen atoms in total. The Labute approximate surface area is 190 Å². The van der Waals surface area contributed by atoms with E-state index in [1.165, 1.54) is 40.9 Å². The standard InChI is InChI=1S/C23H16F2N6O3/c24-16-8-6-14(7-9-16)12-26-19(32)13-31-23(33)30-10-2-5-18(21(30)28-31)22-27-20(29-34-22)15-3-1-4-17(25)11-15/h1-11H,12-13H2,(H,26,32). The van der Waals surface area contributed by atoms with Crippen LogP contribution in [0.3, 0.4) is 0 Å². The Morgan fingerprint density at radius 3 is 2.65 bits per heavy atom. The van der Waals surface area contributed by atoms with Crippen LogP contribution >= 0.6 is 0 Å². The lowest BCUT2D eigenvalue weighted by atomic mass is 10.2. The molecule has 170 valence electrons. The quantitative estimate of drug-likeness (QED) is 0.416. The van der Waals surface area contributed by atoms with E-state index in [0.717, 1.165) is 4.68 Å². The summed E-state index contributed by atoms with van der Waals surface area (Å²) in [6, 6.07) is 14.7. The van der Waals surface area contributed by atoms with Crippen molar-refractivity contribution in [3.63, 3.8) is 0 Å². The number of aromatic nitrogens is 5. The van der Waals surface area contributed by atoms with E-state index in [4.69, 9.17) is 4.52 Å². The summed E-state index contributed by atoms with van der Waals surface area (Å²) in [6.07, 6.45) is 1.50. The SMILES string of the molecule is O=C(Cn1nc2c(-c3nc(-c4cccc(F)c4)no3)cccn2c1=O)NCc1ccc(F)cc1. The molecule has 34 heavy (non-hydrogen) atoms. The summed E-state index contributed by atoms with van der Waals surface area (Å²) in [5, 5.41) is 10.8. The second-order valence-corrected chi connectivity index (χ2v) is 7.39. The van der Waals surface area contributed by atoms with Crippen LogP contribution in [-0.2, 0) is 17.9 Å². The Morgan fingerprint density at radius 2 is 1.85 bits per heavy atom. The molecule has 0 saturated carbocycles. The zero-order chi connectivity index (χ0) is 23.7. The van der Waals surface area contributed by atoms with Crippen molar-refractivity contribution in [2.75, 3.05) is 0 Å². The van der Waals surface area contributed by atoms with E-state index in [-0.39, 0.29) is 36.3 Å². The first-order valence-corrected chi connectivity index (χ1v) is 10.2. The van der Waals surface area contributed by atoms with E-state index >= 15 is 0 Å². The lowest BCUT2D eigenvalue weighted by molar-refractivity contribution is -0.122. The highest BCUT2D eigenvalue weighted by molar-refractivity contribution is 5.76. The first-order valence-electron chi connectivity index (χ1n) is 10.2. The third-order valence-electron chi connectivity index (χ3n) is 5.05. The van der Waals surface area contributed by atoms with Gasteiger partial charge in [0.1, 0.15) is 18.2 Å². The van der Waals surface area contributed by atoms with Gasteiger partial charge in [-0.2, -0.15) is 4.98 Å². The minimum Gasteiger partial charge on any atom is -0.350 e. The molecule has 5 aromatic rings. The molecule has 0 fully saturated rings. The Morgan fingerprint density at radius 1 is 1.03 bits per heavy atom. The summed E-state index contributed by atoms with van der Waals surface area (Å²) in [6.45, 7) is -0.142. The minimum absolute atomic E-state index is 0.0859. The van der Waals surface area contributed by atoms with Gasteiger partial charge in [0.25, 0.3) is 5.89 Å². The molecule has 0 aliphatic heterocycles. The molecule has 11 heteroatoms. The second-order valence-electron chi connectivity index (χ2n) is 7.39. The second kappa shape index (κ2) is 8.70. The molecular weight excluding hydrogens is 446 g/mol. The molecule has 0 spiro atoms. The number of pyridine rings is 1. The van der Waals surface area contributed by atoms with Crippen LogP contribution in [0, 0.1) is 11.6 Å². The van der Waals surface area contributed by atoms with Crippen molar-refractivity contribution >= 4 is 11.6 Å². The first-order chi connectivity index (χ1) is 16.5. The topological polar surface area (TPSA) is 107 Å². The summed E-state index contributed by atoms with van der Waals surface area (Å²) >= 11 is 0. The molecule has 0 radical (unpaired) electrons. The lowest BCUT2D eigenvalue weighted by Crippen LogP contribution is -2.32. The molecule has 3 heterocycles. The molecule has 1 amide bonds. The minimum atomic E-state index is -0.529. The fraction of sp³-hybridized carbons (Fsp3) is 0.0870. The molecule has 3 aromatic heterocycles. The third-order valence-corrected chi connectivity index (χ3v) is 5.05. The van der Waals surface area contributed by atoms with E-state index in [0.29, 0.717) is 16.7 Å². The van der Waals surface area contributed by atoms with Crippen LogP contribution in [0.5, 0.6) is 0 Å². The zero-order valence-corrected chi connectivity index (χ0v) is 17.5. The highest BCUT2D eigenvalue weighted by Gasteiger charge is 2.18. The highest BCUT2D eigenvalue weighted by atomic mass is 19.1. The maximum Gasteiger partial charge on any atom is 0.350 e. The van der Waals surface area contributed by atoms with Gasteiger partial charge in [0.2, 0.25) is 11.7 Å². The van der Waals surface area contributed by atoms with Crippen LogP contribution in [0.4, 0.5) is 8.78 Å². The summed E-state index contributed by atoms with van der Waals surface area (Å²) in [4.78, 5) is 29.4. The molecule has 1 N–H and O–H groups in total. The van der Waals surface area contributed by atoms with Gasteiger partial charge >= 0.3 is 5.69 Å². The molecule has 0 bridgehead atoms. The van der Waals surface area contributed by atoms with Gasteiger partial charge in [0.15, 0.2) is 5.65 Å². The van der Waals surface area contributed by atoms with Crippen LogP contribution in [0.2, 0.25) is 0 Å². The van der Waals surface area contributed by atoms with E-state index < -0.39 is 17.4 Å². The fourth-order valence-corrected chi connectivity index (χ4v) is 3.38. The number of halogens is 2. The van der Waals surface area contributed by atoms with E-state index in [2.05, 4.69) is 20.6 Å². The van der Waals surface area contributed by atoms with Crippen LogP contribution in [0.1, 0.15) is 5.56 Å². The number of fused-ring (bicyclic) bond motifs is 1. The van der Waals surface area contributed by atoms with E-state index in [9.17, 15) is 18.4 Å². The fourth-order valence-electron chi connectivity index (χ4n) is 3.38. The summed E-state index contributed by atoms with van der Waals surface area (Å²) in [5.74, 6) is -0.982. The average Bonchev–Trinajstić information content (AvgIpc) is 3.44. The van der Waals surface area contributed by atoms with Gasteiger partial charge in [-0.1, -0.05) is 29.4 Å². The number of hydrogen-bond acceptors (Lipinski definition) is 6. The van der Waals surface area contributed by atoms with Gasteiger partial charge in [-0.3, -0.25) is 4.79 Å². The van der Waals surface area contributed by atoms with Crippen LogP contribution < -0.4 is 11.0 Å². The van der Waals surface area contributed by atoms with Gasteiger partial charge in [0, 0.05) is 18.3 Å². The van der Waals surface area contributed by atoms with Crippen molar-refractivity contribution in [1.29, 1.82) is 0 Å². The Balaban J connectivity index is 1.39. The smallest absolute Gasteiger partial charge is 0.350 e. The maximum atomic E-state index is 13.5. The molecule has 2 aromatic carbocycles. The molecule has 0 atom stereocenters. The number of nitrogens with zero attached hydrogens (tertiary/aromatic N) is 5. The molecule has 0 unspecified atom stereocenters. The Hall–Kier alpha value is -4.67. The molecule has 0 aliphatic rings. The zero-order valence-electron chi connectivity index (χ0n) is 17.5. The molecular formula is C23H16F2N6O3. The van der Waals surface area contributed by atoms with E-state index in [1.807, 2.05) is 0 Å². The predicted octanol–water partition coefficient (Wildman–Crippen LogP) is 2.81.